The van der Waals surface area contributed by atoms with Crippen molar-refractivity contribution in [3.8, 4) is 11.4 Å². The zero-order chi connectivity index (χ0) is 18.6. The van der Waals surface area contributed by atoms with Crippen molar-refractivity contribution in [3.63, 3.8) is 0 Å². The number of halogens is 1. The lowest BCUT2D eigenvalue weighted by Gasteiger charge is -2.01. The minimum Gasteiger partial charge on any atom is -0.352 e. The third-order valence-electron chi connectivity index (χ3n) is 3.89. The van der Waals surface area contributed by atoms with Gasteiger partial charge in [-0.25, -0.2) is 8.91 Å². The number of carbonyl (C=O) groups excluding carboxylic acids is 1. The number of nitrogens with zero attached hydrogens (tertiary/aromatic N) is 3. The Balaban J connectivity index is 1.41. The van der Waals surface area contributed by atoms with Crippen molar-refractivity contribution in [1.29, 1.82) is 0 Å². The summed E-state index contributed by atoms with van der Waals surface area (Å²) in [5, 5.41) is 11.2. The summed E-state index contributed by atoms with van der Waals surface area (Å²) in [7, 11) is 0. The molecule has 1 amide bonds. The summed E-state index contributed by atoms with van der Waals surface area (Å²) >= 11 is 3.02. The summed E-state index contributed by atoms with van der Waals surface area (Å²) in [5.41, 5.74) is 1.30. The summed E-state index contributed by atoms with van der Waals surface area (Å²) in [6.45, 7) is 0.480. The molecule has 0 atom stereocenters. The molecule has 1 aromatic carbocycles. The molecule has 3 heterocycles. The van der Waals surface area contributed by atoms with Crippen LogP contribution in [0.15, 0.2) is 53.2 Å². The quantitative estimate of drug-likeness (QED) is 0.499. The summed E-state index contributed by atoms with van der Waals surface area (Å²) in [5.74, 6) is -0.119. The molecule has 4 rings (SSSR count). The first-order valence-corrected chi connectivity index (χ1v) is 10.0. The molecule has 0 aliphatic rings. The van der Waals surface area contributed by atoms with Gasteiger partial charge in [-0.05, 0) is 29.7 Å². The monoisotopic (exact) mass is 398 g/mol. The van der Waals surface area contributed by atoms with Crippen molar-refractivity contribution in [2.75, 3.05) is 6.54 Å². The van der Waals surface area contributed by atoms with Crippen molar-refractivity contribution >= 4 is 39.6 Å². The van der Waals surface area contributed by atoms with E-state index in [1.165, 1.54) is 23.5 Å². The number of rotatable bonds is 6. The van der Waals surface area contributed by atoms with E-state index in [0.717, 1.165) is 10.6 Å². The van der Waals surface area contributed by atoms with Crippen LogP contribution in [0.5, 0.6) is 0 Å². The minimum absolute atomic E-state index is 0.138. The SMILES string of the molecule is O=C(/C=C/c1cccs1)NCCc1csc2nc(-c3ccccc3F)nn12. The number of thiazole rings is 1. The second-order valence-electron chi connectivity index (χ2n) is 5.73. The van der Waals surface area contributed by atoms with E-state index in [-0.39, 0.29) is 11.7 Å². The maximum atomic E-state index is 13.9. The van der Waals surface area contributed by atoms with Crippen LogP contribution < -0.4 is 5.32 Å². The van der Waals surface area contributed by atoms with Gasteiger partial charge in [0.2, 0.25) is 10.9 Å². The van der Waals surface area contributed by atoms with E-state index in [1.54, 1.807) is 40.1 Å². The lowest BCUT2D eigenvalue weighted by atomic mass is 10.2. The lowest BCUT2D eigenvalue weighted by molar-refractivity contribution is -0.116. The van der Waals surface area contributed by atoms with Gasteiger partial charge in [0.05, 0.1) is 11.3 Å². The molecule has 0 saturated heterocycles. The van der Waals surface area contributed by atoms with Gasteiger partial charge in [0, 0.05) is 29.3 Å². The van der Waals surface area contributed by atoms with Crippen molar-refractivity contribution in [1.82, 2.24) is 19.9 Å². The average Bonchev–Trinajstić information content (AvgIpc) is 3.39. The topological polar surface area (TPSA) is 59.3 Å². The lowest BCUT2D eigenvalue weighted by Crippen LogP contribution is -2.23. The fraction of sp³-hybridized carbons (Fsp3) is 0.105. The predicted molar refractivity (Wildman–Crippen MR) is 106 cm³/mol. The molecule has 3 aromatic heterocycles. The molecule has 27 heavy (non-hydrogen) atoms. The molecule has 8 heteroatoms. The first kappa shape index (κ1) is 17.6. The van der Waals surface area contributed by atoms with Gasteiger partial charge < -0.3 is 5.32 Å². The van der Waals surface area contributed by atoms with Crippen molar-refractivity contribution in [2.24, 2.45) is 0 Å². The predicted octanol–water partition coefficient (Wildman–Crippen LogP) is 4.03. The van der Waals surface area contributed by atoms with Crippen LogP contribution in [0.3, 0.4) is 0 Å². The summed E-state index contributed by atoms with van der Waals surface area (Å²) < 4.78 is 15.6. The number of benzene rings is 1. The van der Waals surface area contributed by atoms with Gasteiger partial charge in [-0.2, -0.15) is 4.98 Å². The fourth-order valence-corrected chi connectivity index (χ4v) is 4.04. The van der Waals surface area contributed by atoms with Crippen LogP contribution in [-0.2, 0) is 11.2 Å². The van der Waals surface area contributed by atoms with E-state index < -0.39 is 0 Å². The van der Waals surface area contributed by atoms with Gasteiger partial charge in [0.25, 0.3) is 0 Å². The fourth-order valence-electron chi connectivity index (χ4n) is 2.57. The maximum absolute atomic E-state index is 13.9. The Morgan fingerprint density at radius 2 is 2.11 bits per heavy atom. The van der Waals surface area contributed by atoms with Crippen LogP contribution in [-0.4, -0.2) is 27.0 Å². The molecular formula is C19H15FN4OS2. The van der Waals surface area contributed by atoms with Crippen LogP contribution in [0.4, 0.5) is 4.39 Å². The van der Waals surface area contributed by atoms with E-state index in [0.29, 0.717) is 29.3 Å². The number of fused-ring (bicyclic) bond motifs is 1. The number of amides is 1. The first-order chi connectivity index (χ1) is 13.2. The highest BCUT2D eigenvalue weighted by Crippen LogP contribution is 2.23. The molecule has 0 saturated carbocycles. The van der Waals surface area contributed by atoms with Crippen LogP contribution >= 0.6 is 22.7 Å². The molecule has 0 unspecified atom stereocenters. The second kappa shape index (κ2) is 7.81. The number of hydrogen-bond donors (Lipinski definition) is 1. The first-order valence-electron chi connectivity index (χ1n) is 8.28. The second-order valence-corrected chi connectivity index (χ2v) is 7.54. The Morgan fingerprint density at radius 1 is 1.22 bits per heavy atom. The molecule has 1 N–H and O–H groups in total. The average molecular weight is 398 g/mol. The normalized spacial score (nSPS) is 11.4. The Kier molecular flexibility index (Phi) is 5.08. The maximum Gasteiger partial charge on any atom is 0.244 e. The molecule has 0 aliphatic heterocycles. The standard InChI is InChI=1S/C19H15FN4OS2/c20-16-6-2-1-5-15(16)18-22-19-24(23-18)13(12-27-19)9-10-21-17(25)8-7-14-4-3-11-26-14/h1-8,11-12H,9-10H2,(H,21,25)/b8-7+. The zero-order valence-electron chi connectivity index (χ0n) is 14.1. The van der Waals surface area contributed by atoms with Crippen LogP contribution in [0, 0.1) is 5.82 Å². The van der Waals surface area contributed by atoms with Gasteiger partial charge in [0.15, 0.2) is 5.82 Å². The zero-order valence-corrected chi connectivity index (χ0v) is 15.8. The summed E-state index contributed by atoms with van der Waals surface area (Å²) in [6.07, 6.45) is 3.93. The largest absolute Gasteiger partial charge is 0.352 e. The van der Waals surface area contributed by atoms with E-state index in [1.807, 2.05) is 22.9 Å². The van der Waals surface area contributed by atoms with Crippen molar-refractivity contribution in [3.05, 3.63) is 69.6 Å². The highest BCUT2D eigenvalue weighted by atomic mass is 32.1. The van der Waals surface area contributed by atoms with E-state index >= 15 is 0 Å². The Hall–Kier alpha value is -2.84. The molecule has 0 bridgehead atoms. The van der Waals surface area contributed by atoms with Crippen LogP contribution in [0.1, 0.15) is 10.6 Å². The van der Waals surface area contributed by atoms with Gasteiger partial charge in [-0.3, -0.25) is 4.79 Å². The Labute approximate surface area is 162 Å². The molecule has 0 aliphatic carbocycles. The molecule has 136 valence electrons. The van der Waals surface area contributed by atoms with Gasteiger partial charge >= 0.3 is 0 Å². The number of hydrogen-bond acceptors (Lipinski definition) is 5. The Morgan fingerprint density at radius 3 is 2.93 bits per heavy atom. The minimum atomic E-state index is -0.345. The number of aromatic nitrogens is 3. The van der Waals surface area contributed by atoms with Crippen molar-refractivity contribution in [2.45, 2.75) is 6.42 Å². The number of carbonyl (C=O) groups is 1. The van der Waals surface area contributed by atoms with Gasteiger partial charge in [0.1, 0.15) is 5.82 Å². The number of thiophene rings is 1. The smallest absolute Gasteiger partial charge is 0.244 e. The third kappa shape index (κ3) is 3.96. The van der Waals surface area contributed by atoms with E-state index in [4.69, 9.17) is 0 Å². The highest BCUT2D eigenvalue weighted by molar-refractivity contribution is 7.15. The van der Waals surface area contributed by atoms with E-state index in [9.17, 15) is 9.18 Å². The van der Waals surface area contributed by atoms with Gasteiger partial charge in [-0.15, -0.1) is 27.8 Å². The highest BCUT2D eigenvalue weighted by Gasteiger charge is 2.14. The van der Waals surface area contributed by atoms with Crippen LogP contribution in [0.25, 0.3) is 22.4 Å². The van der Waals surface area contributed by atoms with E-state index in [2.05, 4.69) is 15.4 Å². The third-order valence-corrected chi connectivity index (χ3v) is 5.59. The van der Waals surface area contributed by atoms with Crippen LogP contribution in [0.2, 0.25) is 0 Å². The number of nitrogens with one attached hydrogen (secondary N) is 1. The molecule has 0 spiro atoms. The molecule has 5 nitrogen and oxygen atoms in total. The molecular weight excluding hydrogens is 383 g/mol. The molecule has 0 fully saturated rings. The van der Waals surface area contributed by atoms with Crippen molar-refractivity contribution < 1.29 is 9.18 Å². The summed E-state index contributed by atoms with van der Waals surface area (Å²) in [4.78, 5) is 18.0. The molecule has 0 radical (unpaired) electrons. The molecule has 4 aromatic rings. The Bertz CT molecular complexity index is 1100. The summed E-state index contributed by atoms with van der Waals surface area (Å²) in [6, 6.07) is 10.3. The van der Waals surface area contributed by atoms with Gasteiger partial charge in [-0.1, -0.05) is 18.2 Å².